The van der Waals surface area contributed by atoms with Crippen LogP contribution in [-0.4, -0.2) is 5.91 Å². The van der Waals surface area contributed by atoms with Gasteiger partial charge in [-0.2, -0.15) is 0 Å². The van der Waals surface area contributed by atoms with Crippen LogP contribution in [0, 0.1) is 17.8 Å². The predicted octanol–water partition coefficient (Wildman–Crippen LogP) is 4.38. The first-order chi connectivity index (χ1) is 9.25. The summed E-state index contributed by atoms with van der Waals surface area (Å²) in [5.41, 5.74) is 0.886. The summed E-state index contributed by atoms with van der Waals surface area (Å²) in [6, 6.07) is 7.77. The van der Waals surface area contributed by atoms with Crippen LogP contribution in [0.1, 0.15) is 25.7 Å². The summed E-state index contributed by atoms with van der Waals surface area (Å²) < 4.78 is 1.03. The van der Waals surface area contributed by atoms with Crippen molar-refractivity contribution in [2.45, 2.75) is 25.7 Å². The molecule has 1 N–H and O–H groups in total. The Hall–Kier alpha value is -1.09. The Bertz CT molecular complexity index is 494. The number of rotatable bonds is 2. The SMILES string of the molecule is O=C(Nc1ccc(Br)cc1)[C@H]1[C@H]2/C=C\CCCC[C@H]21. The molecule has 1 amide bonds. The third-order valence-corrected chi connectivity index (χ3v) is 4.69. The van der Waals surface area contributed by atoms with Gasteiger partial charge >= 0.3 is 0 Å². The average molecular weight is 320 g/mol. The van der Waals surface area contributed by atoms with Gasteiger partial charge in [0.05, 0.1) is 0 Å². The van der Waals surface area contributed by atoms with Gasteiger partial charge in [-0.25, -0.2) is 0 Å². The highest BCUT2D eigenvalue weighted by molar-refractivity contribution is 9.10. The van der Waals surface area contributed by atoms with Gasteiger partial charge in [0.1, 0.15) is 0 Å². The van der Waals surface area contributed by atoms with Crippen LogP contribution >= 0.6 is 15.9 Å². The van der Waals surface area contributed by atoms with Crippen LogP contribution in [0.15, 0.2) is 40.9 Å². The van der Waals surface area contributed by atoms with Crippen molar-refractivity contribution in [3.05, 3.63) is 40.9 Å². The number of fused-ring (bicyclic) bond motifs is 1. The van der Waals surface area contributed by atoms with Crippen LogP contribution in [0.5, 0.6) is 0 Å². The molecule has 0 aliphatic heterocycles. The van der Waals surface area contributed by atoms with Crippen molar-refractivity contribution in [1.29, 1.82) is 0 Å². The summed E-state index contributed by atoms with van der Waals surface area (Å²) in [7, 11) is 0. The van der Waals surface area contributed by atoms with Gasteiger partial charge in [0, 0.05) is 16.1 Å². The van der Waals surface area contributed by atoms with Crippen molar-refractivity contribution in [3.63, 3.8) is 0 Å². The van der Waals surface area contributed by atoms with Crippen molar-refractivity contribution in [1.82, 2.24) is 0 Å². The summed E-state index contributed by atoms with van der Waals surface area (Å²) >= 11 is 3.40. The fourth-order valence-corrected chi connectivity index (χ4v) is 3.32. The van der Waals surface area contributed by atoms with Crippen LogP contribution in [0.25, 0.3) is 0 Å². The lowest BCUT2D eigenvalue weighted by molar-refractivity contribution is -0.117. The van der Waals surface area contributed by atoms with Crippen molar-refractivity contribution in [3.8, 4) is 0 Å². The number of amides is 1. The fraction of sp³-hybridized carbons (Fsp3) is 0.438. The lowest BCUT2D eigenvalue weighted by Crippen LogP contribution is -2.15. The Kier molecular flexibility index (Phi) is 3.74. The van der Waals surface area contributed by atoms with E-state index >= 15 is 0 Å². The Morgan fingerprint density at radius 1 is 1.21 bits per heavy atom. The maximum atomic E-state index is 12.3. The number of benzene rings is 1. The molecule has 0 aromatic heterocycles. The second-order valence-electron chi connectivity index (χ2n) is 5.48. The van der Waals surface area contributed by atoms with E-state index in [2.05, 4.69) is 33.4 Å². The van der Waals surface area contributed by atoms with Crippen molar-refractivity contribution in [2.75, 3.05) is 5.32 Å². The molecule has 1 saturated carbocycles. The summed E-state index contributed by atoms with van der Waals surface area (Å²) in [6.45, 7) is 0. The number of carbonyl (C=O) groups excluding carboxylic acids is 1. The van der Waals surface area contributed by atoms with Crippen LogP contribution < -0.4 is 5.32 Å². The zero-order valence-corrected chi connectivity index (χ0v) is 12.4. The number of allylic oxidation sites excluding steroid dienone is 2. The van der Waals surface area contributed by atoms with Crippen LogP contribution in [0.4, 0.5) is 5.69 Å². The number of hydrogen-bond acceptors (Lipinski definition) is 1. The molecule has 0 heterocycles. The molecule has 0 radical (unpaired) electrons. The quantitative estimate of drug-likeness (QED) is 0.805. The zero-order valence-electron chi connectivity index (χ0n) is 10.8. The zero-order chi connectivity index (χ0) is 13.2. The fourth-order valence-electron chi connectivity index (χ4n) is 3.06. The third kappa shape index (κ3) is 2.92. The third-order valence-electron chi connectivity index (χ3n) is 4.16. The molecule has 2 nitrogen and oxygen atoms in total. The Balaban J connectivity index is 1.64. The minimum Gasteiger partial charge on any atom is -0.326 e. The Morgan fingerprint density at radius 3 is 2.79 bits per heavy atom. The van der Waals surface area contributed by atoms with Crippen molar-refractivity contribution in [2.24, 2.45) is 17.8 Å². The van der Waals surface area contributed by atoms with Crippen molar-refractivity contribution >= 4 is 27.5 Å². The number of nitrogens with one attached hydrogen (secondary N) is 1. The topological polar surface area (TPSA) is 29.1 Å². The number of halogens is 1. The second-order valence-corrected chi connectivity index (χ2v) is 6.39. The molecule has 1 aromatic rings. The lowest BCUT2D eigenvalue weighted by Gasteiger charge is -2.04. The van der Waals surface area contributed by atoms with E-state index in [0.29, 0.717) is 11.8 Å². The van der Waals surface area contributed by atoms with Crippen LogP contribution in [-0.2, 0) is 4.79 Å². The van der Waals surface area contributed by atoms with Gasteiger partial charge in [-0.1, -0.05) is 34.5 Å². The van der Waals surface area contributed by atoms with Gasteiger partial charge in [0.2, 0.25) is 5.91 Å². The average Bonchev–Trinajstić information content (AvgIpc) is 3.03. The van der Waals surface area contributed by atoms with Gasteiger partial charge in [-0.05, 0) is 55.4 Å². The minimum atomic E-state index is 0.184. The molecule has 2 aliphatic rings. The van der Waals surface area contributed by atoms with Gasteiger partial charge in [-0.3, -0.25) is 4.79 Å². The number of hydrogen-bond donors (Lipinski definition) is 1. The Labute approximate surface area is 122 Å². The lowest BCUT2D eigenvalue weighted by atomic mass is 10.1. The van der Waals surface area contributed by atoms with E-state index in [1.54, 1.807) is 0 Å². The van der Waals surface area contributed by atoms with Gasteiger partial charge < -0.3 is 5.32 Å². The molecule has 3 rings (SSSR count). The molecular formula is C16H18BrNO. The molecular weight excluding hydrogens is 302 g/mol. The molecule has 2 aliphatic carbocycles. The monoisotopic (exact) mass is 319 g/mol. The highest BCUT2D eigenvalue weighted by atomic mass is 79.9. The summed E-state index contributed by atoms with van der Waals surface area (Å²) in [4.78, 5) is 12.3. The van der Waals surface area contributed by atoms with E-state index in [1.807, 2.05) is 24.3 Å². The predicted molar refractivity (Wildman–Crippen MR) is 80.8 cm³/mol. The maximum absolute atomic E-state index is 12.3. The maximum Gasteiger partial charge on any atom is 0.228 e. The molecule has 1 fully saturated rings. The normalized spacial score (nSPS) is 30.7. The summed E-state index contributed by atoms with van der Waals surface area (Å²) in [5.74, 6) is 1.43. The first kappa shape index (κ1) is 12.9. The van der Waals surface area contributed by atoms with Crippen molar-refractivity contribution < 1.29 is 4.79 Å². The van der Waals surface area contributed by atoms with E-state index in [1.165, 1.54) is 25.7 Å². The molecule has 3 atom stereocenters. The molecule has 19 heavy (non-hydrogen) atoms. The first-order valence-electron chi connectivity index (χ1n) is 6.99. The minimum absolute atomic E-state index is 0.184. The van der Waals surface area contributed by atoms with E-state index in [-0.39, 0.29) is 11.8 Å². The standard InChI is InChI=1S/C16H18BrNO/c17-11-7-9-12(10-8-11)18-16(19)15-13-5-3-1-2-4-6-14(13)15/h3,5,7-10,13-15H,1-2,4,6H2,(H,18,19)/b5-3-/t13-,14+,15-/m0/s1. The summed E-state index contributed by atoms with van der Waals surface area (Å²) in [5, 5.41) is 3.03. The molecule has 0 unspecified atom stereocenters. The highest BCUT2D eigenvalue weighted by Crippen LogP contribution is 2.51. The molecule has 3 heteroatoms. The molecule has 0 bridgehead atoms. The molecule has 100 valence electrons. The van der Waals surface area contributed by atoms with E-state index in [4.69, 9.17) is 0 Å². The smallest absolute Gasteiger partial charge is 0.228 e. The van der Waals surface area contributed by atoms with E-state index in [9.17, 15) is 4.79 Å². The van der Waals surface area contributed by atoms with Gasteiger partial charge in [0.15, 0.2) is 0 Å². The Morgan fingerprint density at radius 2 is 2.00 bits per heavy atom. The second kappa shape index (κ2) is 5.49. The first-order valence-corrected chi connectivity index (χ1v) is 7.78. The molecule has 1 aromatic carbocycles. The van der Waals surface area contributed by atoms with Gasteiger partial charge in [0.25, 0.3) is 0 Å². The molecule has 0 saturated heterocycles. The summed E-state index contributed by atoms with van der Waals surface area (Å²) in [6.07, 6.45) is 9.41. The van der Waals surface area contributed by atoms with E-state index < -0.39 is 0 Å². The number of carbonyl (C=O) groups is 1. The largest absolute Gasteiger partial charge is 0.326 e. The number of anilines is 1. The van der Waals surface area contributed by atoms with Gasteiger partial charge in [-0.15, -0.1) is 0 Å². The molecule has 0 spiro atoms. The highest BCUT2D eigenvalue weighted by Gasteiger charge is 2.52. The van der Waals surface area contributed by atoms with Crippen LogP contribution in [0.2, 0.25) is 0 Å². The van der Waals surface area contributed by atoms with E-state index in [0.717, 1.165) is 10.2 Å². The van der Waals surface area contributed by atoms with Crippen LogP contribution in [0.3, 0.4) is 0 Å².